The normalized spacial score (nSPS) is 21.8. The smallest absolute Gasteiger partial charge is 0.0378 e. The summed E-state index contributed by atoms with van der Waals surface area (Å²) in [6.45, 7) is 4.04. The third-order valence-electron chi connectivity index (χ3n) is 3.45. The van der Waals surface area contributed by atoms with E-state index in [0.29, 0.717) is 6.04 Å². The van der Waals surface area contributed by atoms with Crippen LogP contribution >= 0.6 is 15.9 Å². The summed E-state index contributed by atoms with van der Waals surface area (Å²) in [6.07, 6.45) is 1.07. The van der Waals surface area contributed by atoms with Crippen molar-refractivity contribution >= 4 is 21.6 Å². The standard InChI is InChI=1S/C13H20BrN3/c1-16-7-8-17(10-13(16)5-6-15)12-4-2-3-11(14)9-12/h2-4,9,13H,5-8,10,15H2,1H3. The quantitative estimate of drug-likeness (QED) is 0.925. The Labute approximate surface area is 112 Å². The summed E-state index contributed by atoms with van der Waals surface area (Å²) in [6, 6.07) is 9.10. The molecule has 1 fully saturated rings. The number of benzene rings is 1. The van der Waals surface area contributed by atoms with Gasteiger partial charge in [-0.05, 0) is 38.2 Å². The largest absolute Gasteiger partial charge is 0.369 e. The fraction of sp³-hybridized carbons (Fsp3) is 0.538. The number of halogens is 1. The second-order valence-corrected chi connectivity index (χ2v) is 5.55. The number of nitrogens with two attached hydrogens (primary N) is 1. The van der Waals surface area contributed by atoms with Crippen molar-refractivity contribution < 1.29 is 0 Å². The SMILES string of the molecule is CN1CCN(c2cccc(Br)c2)CC1CCN. The van der Waals surface area contributed by atoms with Gasteiger partial charge < -0.3 is 10.6 Å². The summed E-state index contributed by atoms with van der Waals surface area (Å²) in [4.78, 5) is 4.87. The maximum Gasteiger partial charge on any atom is 0.0378 e. The third kappa shape index (κ3) is 3.21. The average molecular weight is 298 g/mol. The summed E-state index contributed by atoms with van der Waals surface area (Å²) in [7, 11) is 2.19. The molecule has 0 aromatic heterocycles. The Morgan fingerprint density at radius 2 is 2.24 bits per heavy atom. The molecule has 1 heterocycles. The number of hydrogen-bond acceptors (Lipinski definition) is 3. The molecule has 17 heavy (non-hydrogen) atoms. The lowest BCUT2D eigenvalue weighted by Crippen LogP contribution is -2.52. The Balaban J connectivity index is 2.07. The molecule has 0 radical (unpaired) electrons. The van der Waals surface area contributed by atoms with E-state index in [9.17, 15) is 0 Å². The highest BCUT2D eigenvalue weighted by Gasteiger charge is 2.23. The zero-order chi connectivity index (χ0) is 12.3. The van der Waals surface area contributed by atoms with Crippen LogP contribution in [0.1, 0.15) is 6.42 Å². The Morgan fingerprint density at radius 3 is 2.94 bits per heavy atom. The van der Waals surface area contributed by atoms with Gasteiger partial charge in [0.05, 0.1) is 0 Å². The first-order valence-electron chi connectivity index (χ1n) is 6.11. The van der Waals surface area contributed by atoms with E-state index in [4.69, 9.17) is 5.73 Å². The van der Waals surface area contributed by atoms with Crippen molar-refractivity contribution in [2.24, 2.45) is 5.73 Å². The van der Waals surface area contributed by atoms with Crippen LogP contribution in [0, 0.1) is 0 Å². The van der Waals surface area contributed by atoms with Gasteiger partial charge >= 0.3 is 0 Å². The van der Waals surface area contributed by atoms with Crippen molar-refractivity contribution in [2.75, 3.05) is 38.1 Å². The zero-order valence-electron chi connectivity index (χ0n) is 10.3. The lowest BCUT2D eigenvalue weighted by atomic mass is 10.1. The molecule has 1 aromatic rings. The predicted octanol–water partition coefficient (Wildman–Crippen LogP) is 1.92. The van der Waals surface area contributed by atoms with E-state index in [-0.39, 0.29) is 0 Å². The Hall–Kier alpha value is -0.580. The lowest BCUT2D eigenvalue weighted by molar-refractivity contribution is 0.210. The maximum absolute atomic E-state index is 5.68. The fourth-order valence-electron chi connectivity index (χ4n) is 2.36. The van der Waals surface area contributed by atoms with Crippen molar-refractivity contribution in [3.63, 3.8) is 0 Å². The number of nitrogens with zero attached hydrogens (tertiary/aromatic N) is 2. The minimum atomic E-state index is 0.577. The van der Waals surface area contributed by atoms with Gasteiger partial charge in [0.1, 0.15) is 0 Å². The predicted molar refractivity (Wildman–Crippen MR) is 76.4 cm³/mol. The molecule has 0 bridgehead atoms. The highest BCUT2D eigenvalue weighted by Crippen LogP contribution is 2.23. The van der Waals surface area contributed by atoms with Crippen molar-refractivity contribution in [3.05, 3.63) is 28.7 Å². The maximum atomic E-state index is 5.68. The molecule has 0 amide bonds. The van der Waals surface area contributed by atoms with Gasteiger partial charge in [-0.25, -0.2) is 0 Å². The minimum Gasteiger partial charge on any atom is -0.369 e. The number of hydrogen-bond donors (Lipinski definition) is 1. The van der Waals surface area contributed by atoms with Crippen LogP contribution in [0.5, 0.6) is 0 Å². The van der Waals surface area contributed by atoms with Gasteiger partial charge in [-0.15, -0.1) is 0 Å². The zero-order valence-corrected chi connectivity index (χ0v) is 11.9. The van der Waals surface area contributed by atoms with Crippen LogP contribution in [0.2, 0.25) is 0 Å². The van der Waals surface area contributed by atoms with Crippen LogP contribution in [-0.4, -0.2) is 44.2 Å². The summed E-state index contributed by atoms with van der Waals surface area (Å²) >= 11 is 3.53. The lowest BCUT2D eigenvalue weighted by Gasteiger charge is -2.40. The average Bonchev–Trinajstić information content (AvgIpc) is 2.32. The van der Waals surface area contributed by atoms with Crippen molar-refractivity contribution in [2.45, 2.75) is 12.5 Å². The van der Waals surface area contributed by atoms with Gasteiger partial charge in [-0.3, -0.25) is 4.90 Å². The van der Waals surface area contributed by atoms with Crippen molar-refractivity contribution in [1.82, 2.24) is 4.90 Å². The van der Waals surface area contributed by atoms with Crippen LogP contribution < -0.4 is 10.6 Å². The Bertz CT molecular complexity index is 369. The molecule has 1 aromatic carbocycles. The summed E-state index contributed by atoms with van der Waals surface area (Å²) in [5.41, 5.74) is 6.98. The molecule has 0 spiro atoms. The van der Waals surface area contributed by atoms with E-state index in [2.05, 4.69) is 57.0 Å². The Morgan fingerprint density at radius 1 is 1.41 bits per heavy atom. The molecule has 1 atom stereocenters. The van der Waals surface area contributed by atoms with Gasteiger partial charge in [-0.2, -0.15) is 0 Å². The molecular formula is C13H20BrN3. The van der Waals surface area contributed by atoms with Crippen LogP contribution in [0.25, 0.3) is 0 Å². The first-order chi connectivity index (χ1) is 8.20. The second kappa shape index (κ2) is 5.85. The van der Waals surface area contributed by atoms with Crippen LogP contribution in [0.15, 0.2) is 28.7 Å². The third-order valence-corrected chi connectivity index (χ3v) is 3.94. The number of piperazine rings is 1. The van der Waals surface area contributed by atoms with E-state index in [1.165, 1.54) is 5.69 Å². The van der Waals surface area contributed by atoms with Gasteiger partial charge in [0.2, 0.25) is 0 Å². The van der Waals surface area contributed by atoms with Crippen LogP contribution in [0.3, 0.4) is 0 Å². The van der Waals surface area contributed by atoms with E-state index in [1.54, 1.807) is 0 Å². The van der Waals surface area contributed by atoms with E-state index >= 15 is 0 Å². The summed E-state index contributed by atoms with van der Waals surface area (Å²) in [5.74, 6) is 0. The minimum absolute atomic E-state index is 0.577. The molecule has 1 saturated heterocycles. The molecule has 3 nitrogen and oxygen atoms in total. The van der Waals surface area contributed by atoms with Gasteiger partial charge in [-0.1, -0.05) is 22.0 Å². The summed E-state index contributed by atoms with van der Waals surface area (Å²) < 4.78 is 1.14. The van der Waals surface area contributed by atoms with E-state index in [0.717, 1.165) is 37.1 Å². The van der Waals surface area contributed by atoms with Crippen molar-refractivity contribution in [1.29, 1.82) is 0 Å². The monoisotopic (exact) mass is 297 g/mol. The number of anilines is 1. The highest BCUT2D eigenvalue weighted by molar-refractivity contribution is 9.10. The van der Waals surface area contributed by atoms with Crippen LogP contribution in [-0.2, 0) is 0 Å². The van der Waals surface area contributed by atoms with Crippen molar-refractivity contribution in [3.8, 4) is 0 Å². The molecular weight excluding hydrogens is 278 g/mol. The molecule has 2 N–H and O–H groups in total. The molecule has 1 unspecified atom stereocenters. The molecule has 94 valence electrons. The molecule has 4 heteroatoms. The number of rotatable bonds is 3. The molecule has 2 rings (SSSR count). The molecule has 0 saturated carbocycles. The topological polar surface area (TPSA) is 32.5 Å². The van der Waals surface area contributed by atoms with Crippen LogP contribution in [0.4, 0.5) is 5.69 Å². The second-order valence-electron chi connectivity index (χ2n) is 4.64. The molecule has 1 aliphatic rings. The Kier molecular flexibility index (Phi) is 4.42. The van der Waals surface area contributed by atoms with Gasteiger partial charge in [0, 0.05) is 35.8 Å². The first kappa shape index (κ1) is 12.9. The fourth-order valence-corrected chi connectivity index (χ4v) is 2.74. The first-order valence-corrected chi connectivity index (χ1v) is 6.91. The highest BCUT2D eigenvalue weighted by atomic mass is 79.9. The molecule has 1 aliphatic heterocycles. The van der Waals surface area contributed by atoms with Gasteiger partial charge in [0.25, 0.3) is 0 Å². The van der Waals surface area contributed by atoms with E-state index in [1.807, 2.05) is 0 Å². The molecule has 0 aliphatic carbocycles. The van der Waals surface area contributed by atoms with E-state index < -0.39 is 0 Å². The summed E-state index contributed by atoms with van der Waals surface area (Å²) in [5, 5.41) is 0. The van der Waals surface area contributed by atoms with Gasteiger partial charge in [0.15, 0.2) is 0 Å². The number of likely N-dealkylation sites (N-methyl/N-ethyl adjacent to an activating group) is 1.